The molecule has 0 aliphatic carbocycles. The van der Waals surface area contributed by atoms with Crippen molar-refractivity contribution in [3.05, 3.63) is 66.4 Å². The molecule has 0 aliphatic heterocycles. The lowest BCUT2D eigenvalue weighted by Gasteiger charge is -2.06. The predicted octanol–water partition coefficient (Wildman–Crippen LogP) is 4.90. The van der Waals surface area contributed by atoms with Gasteiger partial charge in [-0.3, -0.25) is 0 Å². The van der Waals surface area contributed by atoms with Crippen molar-refractivity contribution in [1.82, 2.24) is 4.98 Å². The number of ether oxygens (including phenoxy) is 1. The number of carbonyl (C=O) groups excluding carboxylic acids is 1. The number of fused-ring (bicyclic) bond motifs is 3. The van der Waals surface area contributed by atoms with Crippen LogP contribution < -0.4 is 0 Å². The Hall–Kier alpha value is -2.72. The zero-order valence-corrected chi connectivity index (χ0v) is 13.3. The predicted molar refractivity (Wildman–Crippen MR) is 93.9 cm³/mol. The van der Waals surface area contributed by atoms with E-state index in [1.165, 1.54) is 11.8 Å². The van der Waals surface area contributed by atoms with Gasteiger partial charge >= 0.3 is 5.97 Å². The number of hydrogen-bond acceptors (Lipinski definition) is 4. The van der Waals surface area contributed by atoms with Crippen molar-refractivity contribution < 1.29 is 9.53 Å². The Morgan fingerprint density at radius 3 is 2.52 bits per heavy atom. The van der Waals surface area contributed by atoms with Gasteiger partial charge in [0, 0.05) is 21.0 Å². The molecule has 3 nitrogen and oxygen atoms in total. The van der Waals surface area contributed by atoms with Gasteiger partial charge in [-0.05, 0) is 12.1 Å². The molecule has 0 saturated carbocycles. The van der Waals surface area contributed by atoms with Gasteiger partial charge in [0.25, 0.3) is 0 Å². The third-order valence-corrected chi connectivity index (χ3v) is 5.00. The number of methoxy groups -OCH3 is 1. The zero-order valence-electron chi connectivity index (χ0n) is 12.4. The Labute approximate surface area is 137 Å². The van der Waals surface area contributed by atoms with Crippen molar-refractivity contribution >= 4 is 37.5 Å². The van der Waals surface area contributed by atoms with Crippen molar-refractivity contribution in [3.63, 3.8) is 0 Å². The molecule has 4 aromatic rings. The van der Waals surface area contributed by atoms with Crippen LogP contribution in [-0.4, -0.2) is 18.1 Å². The molecular formula is C19H13NO2S. The van der Waals surface area contributed by atoms with Crippen molar-refractivity contribution in [1.29, 1.82) is 0 Å². The number of rotatable bonds is 2. The average molecular weight is 319 g/mol. The number of nitrogens with zero attached hydrogens (tertiary/aromatic N) is 1. The summed E-state index contributed by atoms with van der Waals surface area (Å²) >= 11 is 1.70. The molecule has 0 saturated heterocycles. The number of benzene rings is 2. The fourth-order valence-electron chi connectivity index (χ4n) is 2.73. The highest BCUT2D eigenvalue weighted by Gasteiger charge is 2.17. The number of aromatic nitrogens is 1. The summed E-state index contributed by atoms with van der Waals surface area (Å²) in [4.78, 5) is 16.6. The van der Waals surface area contributed by atoms with Crippen molar-refractivity contribution in [2.24, 2.45) is 0 Å². The summed E-state index contributed by atoms with van der Waals surface area (Å²) in [5.74, 6) is -0.417. The first-order valence-corrected chi connectivity index (χ1v) is 8.05. The Kier molecular flexibility index (Phi) is 3.32. The van der Waals surface area contributed by atoms with E-state index in [9.17, 15) is 4.79 Å². The van der Waals surface area contributed by atoms with E-state index in [0.29, 0.717) is 5.69 Å². The molecule has 0 spiro atoms. The Morgan fingerprint density at radius 2 is 1.74 bits per heavy atom. The van der Waals surface area contributed by atoms with Crippen LogP contribution in [0.25, 0.3) is 31.4 Å². The highest BCUT2D eigenvalue weighted by Crippen LogP contribution is 2.39. The molecule has 0 radical (unpaired) electrons. The first-order chi connectivity index (χ1) is 11.3. The first-order valence-electron chi connectivity index (χ1n) is 7.24. The van der Waals surface area contributed by atoms with E-state index in [-0.39, 0.29) is 0 Å². The molecule has 2 aromatic heterocycles. The van der Waals surface area contributed by atoms with E-state index in [1.807, 2.05) is 48.5 Å². The maximum Gasteiger partial charge on any atom is 0.356 e. The van der Waals surface area contributed by atoms with Gasteiger partial charge in [0.05, 0.1) is 17.5 Å². The topological polar surface area (TPSA) is 39.2 Å². The van der Waals surface area contributed by atoms with Crippen LogP contribution in [0, 0.1) is 0 Å². The molecule has 2 aromatic carbocycles. The zero-order chi connectivity index (χ0) is 15.8. The van der Waals surface area contributed by atoms with Crippen LogP contribution in [0.15, 0.2) is 60.7 Å². The Morgan fingerprint density at radius 1 is 1.00 bits per heavy atom. The molecule has 0 N–H and O–H groups in total. The van der Waals surface area contributed by atoms with Crippen LogP contribution in [0.5, 0.6) is 0 Å². The summed E-state index contributed by atoms with van der Waals surface area (Å²) in [6.45, 7) is 0. The number of esters is 1. The summed E-state index contributed by atoms with van der Waals surface area (Å²) in [6, 6.07) is 19.9. The van der Waals surface area contributed by atoms with E-state index in [0.717, 1.165) is 26.7 Å². The van der Waals surface area contributed by atoms with Gasteiger partial charge < -0.3 is 4.74 Å². The standard InChI is InChI=1S/C19H13NO2S/c1-22-19(21)15-11-14-13-9-5-6-10-16(13)23-18(14)17(20-15)12-7-3-2-4-8-12/h2-11H,1H3. The maximum absolute atomic E-state index is 12.0. The minimum Gasteiger partial charge on any atom is -0.464 e. The van der Waals surface area contributed by atoms with Crippen molar-refractivity contribution in [3.8, 4) is 11.3 Å². The van der Waals surface area contributed by atoms with E-state index in [1.54, 1.807) is 11.3 Å². The van der Waals surface area contributed by atoms with Crippen LogP contribution in [0.3, 0.4) is 0 Å². The lowest BCUT2D eigenvalue weighted by atomic mass is 10.1. The smallest absolute Gasteiger partial charge is 0.356 e. The van der Waals surface area contributed by atoms with Gasteiger partial charge in [0.2, 0.25) is 0 Å². The molecule has 0 bridgehead atoms. The SMILES string of the molecule is COC(=O)c1cc2c(sc3ccccc32)c(-c2ccccc2)n1. The fraction of sp³-hybridized carbons (Fsp3) is 0.0526. The van der Waals surface area contributed by atoms with Crippen LogP contribution in [0.1, 0.15) is 10.5 Å². The number of pyridine rings is 1. The van der Waals surface area contributed by atoms with Gasteiger partial charge in [-0.1, -0.05) is 48.5 Å². The number of hydrogen-bond donors (Lipinski definition) is 0. The van der Waals surface area contributed by atoms with Crippen LogP contribution >= 0.6 is 11.3 Å². The van der Waals surface area contributed by atoms with Crippen molar-refractivity contribution in [2.45, 2.75) is 0 Å². The van der Waals surface area contributed by atoms with Gasteiger partial charge in [0.1, 0.15) is 5.69 Å². The molecule has 2 heterocycles. The molecular weight excluding hydrogens is 306 g/mol. The average Bonchev–Trinajstić information content (AvgIpc) is 2.99. The second kappa shape index (κ2) is 5.48. The second-order valence-corrected chi connectivity index (χ2v) is 6.24. The molecule has 4 rings (SSSR count). The fourth-order valence-corrected chi connectivity index (χ4v) is 3.92. The lowest BCUT2D eigenvalue weighted by Crippen LogP contribution is -2.04. The molecule has 0 amide bonds. The molecule has 0 aliphatic rings. The third-order valence-electron chi connectivity index (χ3n) is 3.80. The van der Waals surface area contributed by atoms with Crippen LogP contribution in [0.2, 0.25) is 0 Å². The molecule has 0 unspecified atom stereocenters. The highest BCUT2D eigenvalue weighted by atomic mass is 32.1. The molecule has 0 atom stereocenters. The summed E-state index contributed by atoms with van der Waals surface area (Å²) < 4.78 is 7.14. The van der Waals surface area contributed by atoms with Gasteiger partial charge in [-0.2, -0.15) is 0 Å². The second-order valence-electron chi connectivity index (χ2n) is 5.19. The number of thiophene rings is 1. The molecule has 23 heavy (non-hydrogen) atoms. The largest absolute Gasteiger partial charge is 0.464 e. The third kappa shape index (κ3) is 2.28. The van der Waals surface area contributed by atoms with Gasteiger partial charge in [-0.15, -0.1) is 11.3 Å². The number of carbonyl (C=O) groups is 1. The minimum atomic E-state index is -0.417. The van der Waals surface area contributed by atoms with E-state index in [2.05, 4.69) is 17.1 Å². The van der Waals surface area contributed by atoms with Gasteiger partial charge in [-0.25, -0.2) is 9.78 Å². The van der Waals surface area contributed by atoms with E-state index in [4.69, 9.17) is 4.74 Å². The lowest BCUT2D eigenvalue weighted by molar-refractivity contribution is 0.0594. The van der Waals surface area contributed by atoms with E-state index < -0.39 is 5.97 Å². The van der Waals surface area contributed by atoms with Crippen LogP contribution in [0.4, 0.5) is 0 Å². The summed E-state index contributed by atoms with van der Waals surface area (Å²) in [5, 5.41) is 2.18. The molecule has 0 fully saturated rings. The van der Waals surface area contributed by atoms with Gasteiger partial charge in [0.15, 0.2) is 0 Å². The molecule has 4 heteroatoms. The normalized spacial score (nSPS) is 11.0. The summed E-state index contributed by atoms with van der Waals surface area (Å²) in [7, 11) is 1.38. The maximum atomic E-state index is 12.0. The Balaban J connectivity index is 2.12. The first kappa shape index (κ1) is 13.9. The van der Waals surface area contributed by atoms with Crippen molar-refractivity contribution in [2.75, 3.05) is 7.11 Å². The molecule has 112 valence electrons. The minimum absolute atomic E-state index is 0.336. The summed E-state index contributed by atoms with van der Waals surface area (Å²) in [5.41, 5.74) is 2.15. The van der Waals surface area contributed by atoms with E-state index >= 15 is 0 Å². The highest BCUT2D eigenvalue weighted by molar-refractivity contribution is 7.26. The van der Waals surface area contributed by atoms with Crippen LogP contribution in [-0.2, 0) is 4.74 Å². The summed E-state index contributed by atoms with van der Waals surface area (Å²) in [6.07, 6.45) is 0. The Bertz CT molecular complexity index is 1020. The quantitative estimate of drug-likeness (QED) is 0.493. The monoisotopic (exact) mass is 319 g/mol.